The lowest BCUT2D eigenvalue weighted by molar-refractivity contribution is 0.279. The Morgan fingerprint density at radius 1 is 1.50 bits per heavy atom. The van der Waals surface area contributed by atoms with E-state index in [9.17, 15) is 0 Å². The summed E-state index contributed by atoms with van der Waals surface area (Å²) in [6.07, 6.45) is 4.52. The number of nitrogens with one attached hydrogen (secondary N) is 1. The van der Waals surface area contributed by atoms with E-state index >= 15 is 0 Å². The molecule has 0 spiro atoms. The van der Waals surface area contributed by atoms with Crippen molar-refractivity contribution in [2.24, 2.45) is 0 Å². The van der Waals surface area contributed by atoms with Crippen molar-refractivity contribution >= 4 is 27.0 Å². The molecule has 4 heteroatoms. The molecule has 0 bridgehead atoms. The van der Waals surface area contributed by atoms with Crippen LogP contribution >= 0.6 is 15.9 Å². The molecule has 1 atom stereocenters. The number of halogens is 1. The molecule has 2 aromatic rings. The highest BCUT2D eigenvalue weighted by molar-refractivity contribution is 9.10. The van der Waals surface area contributed by atoms with Gasteiger partial charge in [0.2, 0.25) is 5.89 Å². The third-order valence-electron chi connectivity index (χ3n) is 3.70. The zero-order chi connectivity index (χ0) is 12.6. The van der Waals surface area contributed by atoms with Crippen LogP contribution in [0.4, 0.5) is 0 Å². The molecule has 1 saturated heterocycles. The van der Waals surface area contributed by atoms with Gasteiger partial charge in [0, 0.05) is 0 Å². The van der Waals surface area contributed by atoms with Crippen LogP contribution < -0.4 is 5.32 Å². The van der Waals surface area contributed by atoms with Gasteiger partial charge < -0.3 is 9.73 Å². The van der Waals surface area contributed by atoms with Gasteiger partial charge in [0.25, 0.3) is 0 Å². The maximum Gasteiger partial charge on any atom is 0.215 e. The van der Waals surface area contributed by atoms with E-state index in [1.807, 2.05) is 18.2 Å². The first kappa shape index (κ1) is 12.2. The number of rotatable bonds is 3. The molecule has 96 valence electrons. The predicted molar refractivity (Wildman–Crippen MR) is 75.5 cm³/mol. The second-order valence-electron chi connectivity index (χ2n) is 4.97. The lowest BCUT2D eigenvalue weighted by Crippen LogP contribution is -2.36. The molecule has 0 saturated carbocycles. The Balaban J connectivity index is 2.09. The van der Waals surface area contributed by atoms with Crippen LogP contribution in [0.2, 0.25) is 0 Å². The van der Waals surface area contributed by atoms with Crippen LogP contribution in [0.3, 0.4) is 0 Å². The fourth-order valence-electron chi connectivity index (χ4n) is 2.86. The molecule has 2 heterocycles. The lowest BCUT2D eigenvalue weighted by Gasteiger charge is -2.25. The summed E-state index contributed by atoms with van der Waals surface area (Å²) in [7, 11) is 0. The average Bonchev–Trinajstić information content (AvgIpc) is 2.97. The summed E-state index contributed by atoms with van der Waals surface area (Å²) in [5.74, 6) is 0.851. The van der Waals surface area contributed by atoms with Crippen LogP contribution in [0.15, 0.2) is 27.1 Å². The van der Waals surface area contributed by atoms with Crippen molar-refractivity contribution in [3.05, 3.63) is 28.6 Å². The number of nitrogens with zero attached hydrogens (tertiary/aromatic N) is 1. The SMILES string of the molecule is CCCC1(c2nc3cccc(Br)c3o2)CCCN1. The highest BCUT2D eigenvalue weighted by Crippen LogP contribution is 2.37. The Hall–Kier alpha value is -0.870. The normalized spacial score (nSPS) is 23.9. The van der Waals surface area contributed by atoms with Crippen LogP contribution in [0.25, 0.3) is 11.1 Å². The summed E-state index contributed by atoms with van der Waals surface area (Å²) in [6, 6.07) is 5.99. The van der Waals surface area contributed by atoms with Crippen LogP contribution in [0.1, 0.15) is 38.5 Å². The summed E-state index contributed by atoms with van der Waals surface area (Å²) in [6.45, 7) is 3.26. The van der Waals surface area contributed by atoms with Crippen molar-refractivity contribution in [2.45, 2.75) is 38.1 Å². The van der Waals surface area contributed by atoms with Crippen molar-refractivity contribution in [2.75, 3.05) is 6.54 Å². The molecule has 3 rings (SSSR count). The van der Waals surface area contributed by atoms with Gasteiger partial charge in [-0.05, 0) is 53.9 Å². The Morgan fingerprint density at radius 3 is 3.06 bits per heavy atom. The molecule has 3 nitrogen and oxygen atoms in total. The first-order valence-corrected chi connectivity index (χ1v) is 7.35. The highest BCUT2D eigenvalue weighted by Gasteiger charge is 2.39. The molecular weight excluding hydrogens is 292 g/mol. The van der Waals surface area contributed by atoms with Crippen LogP contribution in [-0.4, -0.2) is 11.5 Å². The number of hydrogen-bond acceptors (Lipinski definition) is 3. The van der Waals surface area contributed by atoms with Crippen molar-refractivity contribution < 1.29 is 4.42 Å². The van der Waals surface area contributed by atoms with E-state index in [1.54, 1.807) is 0 Å². The van der Waals surface area contributed by atoms with Gasteiger partial charge in [-0.3, -0.25) is 0 Å². The van der Waals surface area contributed by atoms with Gasteiger partial charge in [0.15, 0.2) is 5.58 Å². The fraction of sp³-hybridized carbons (Fsp3) is 0.500. The van der Waals surface area contributed by atoms with Crippen LogP contribution in [-0.2, 0) is 5.54 Å². The third kappa shape index (κ3) is 1.88. The minimum Gasteiger partial charge on any atom is -0.437 e. The number of benzene rings is 1. The molecule has 1 N–H and O–H groups in total. The second-order valence-corrected chi connectivity index (χ2v) is 5.82. The number of oxazole rings is 1. The van der Waals surface area contributed by atoms with Crippen molar-refractivity contribution in [1.29, 1.82) is 0 Å². The molecule has 1 unspecified atom stereocenters. The van der Waals surface area contributed by atoms with Crippen LogP contribution in [0.5, 0.6) is 0 Å². The van der Waals surface area contributed by atoms with Gasteiger partial charge in [-0.15, -0.1) is 0 Å². The molecule has 18 heavy (non-hydrogen) atoms. The fourth-order valence-corrected chi connectivity index (χ4v) is 3.29. The zero-order valence-corrected chi connectivity index (χ0v) is 12.1. The van der Waals surface area contributed by atoms with Crippen molar-refractivity contribution in [3.8, 4) is 0 Å². The molecule has 0 radical (unpaired) electrons. The Morgan fingerprint density at radius 2 is 2.39 bits per heavy atom. The van der Waals surface area contributed by atoms with E-state index in [2.05, 4.69) is 33.2 Å². The Kier molecular flexibility index (Phi) is 3.16. The van der Waals surface area contributed by atoms with E-state index < -0.39 is 0 Å². The molecule has 1 aliphatic heterocycles. The van der Waals surface area contributed by atoms with E-state index in [0.717, 1.165) is 47.3 Å². The van der Waals surface area contributed by atoms with Gasteiger partial charge >= 0.3 is 0 Å². The first-order valence-electron chi connectivity index (χ1n) is 6.56. The minimum absolute atomic E-state index is 0.0484. The number of aromatic nitrogens is 1. The Labute approximate surface area is 115 Å². The average molecular weight is 309 g/mol. The summed E-state index contributed by atoms with van der Waals surface area (Å²) < 4.78 is 6.99. The Bertz CT molecular complexity index is 558. The topological polar surface area (TPSA) is 38.1 Å². The van der Waals surface area contributed by atoms with Crippen molar-refractivity contribution in [1.82, 2.24) is 10.3 Å². The standard InChI is InChI=1S/C14H17BrN2O/c1-2-7-14(8-4-9-16-14)13-17-11-6-3-5-10(15)12(11)18-13/h3,5-6,16H,2,4,7-9H2,1H3. The highest BCUT2D eigenvalue weighted by atomic mass is 79.9. The van der Waals surface area contributed by atoms with Gasteiger partial charge in [-0.2, -0.15) is 0 Å². The summed E-state index contributed by atoms with van der Waals surface area (Å²) >= 11 is 3.52. The van der Waals surface area contributed by atoms with E-state index in [1.165, 1.54) is 6.42 Å². The summed E-state index contributed by atoms with van der Waals surface area (Å²) in [4.78, 5) is 4.69. The molecule has 0 aliphatic carbocycles. The molecular formula is C14H17BrN2O. The van der Waals surface area contributed by atoms with E-state index in [-0.39, 0.29) is 5.54 Å². The van der Waals surface area contributed by atoms with Gasteiger partial charge in [-0.25, -0.2) is 4.98 Å². The maximum atomic E-state index is 6.02. The van der Waals surface area contributed by atoms with Gasteiger partial charge in [0.1, 0.15) is 5.52 Å². The molecule has 0 amide bonds. The molecule has 1 aliphatic rings. The summed E-state index contributed by atoms with van der Waals surface area (Å²) in [5.41, 5.74) is 1.74. The number of fused-ring (bicyclic) bond motifs is 1. The van der Waals surface area contributed by atoms with Crippen LogP contribution in [0, 0.1) is 0 Å². The predicted octanol–water partition coefficient (Wildman–Crippen LogP) is 3.97. The summed E-state index contributed by atoms with van der Waals surface area (Å²) in [5, 5.41) is 3.60. The maximum absolute atomic E-state index is 6.02. The molecule has 1 fully saturated rings. The third-order valence-corrected chi connectivity index (χ3v) is 4.32. The monoisotopic (exact) mass is 308 g/mol. The molecule has 1 aromatic carbocycles. The van der Waals surface area contributed by atoms with E-state index in [4.69, 9.17) is 4.42 Å². The lowest BCUT2D eigenvalue weighted by atomic mass is 9.92. The smallest absolute Gasteiger partial charge is 0.215 e. The van der Waals surface area contributed by atoms with Gasteiger partial charge in [0.05, 0.1) is 10.0 Å². The van der Waals surface area contributed by atoms with Crippen molar-refractivity contribution in [3.63, 3.8) is 0 Å². The molecule has 1 aromatic heterocycles. The second kappa shape index (κ2) is 4.67. The largest absolute Gasteiger partial charge is 0.437 e. The minimum atomic E-state index is -0.0484. The first-order chi connectivity index (χ1) is 8.75. The zero-order valence-electron chi connectivity index (χ0n) is 10.5. The number of hydrogen-bond donors (Lipinski definition) is 1. The van der Waals surface area contributed by atoms with Gasteiger partial charge in [-0.1, -0.05) is 19.4 Å². The van der Waals surface area contributed by atoms with E-state index in [0.29, 0.717) is 0 Å². The quantitative estimate of drug-likeness (QED) is 0.932. The number of para-hydroxylation sites is 1.